The van der Waals surface area contributed by atoms with Gasteiger partial charge in [0.15, 0.2) is 0 Å². The molecule has 1 unspecified atom stereocenters. The molecule has 1 rings (SSSR count). The average Bonchev–Trinajstić information content (AvgIpc) is 2.19. The fourth-order valence-corrected chi connectivity index (χ4v) is 1.47. The Labute approximate surface area is 85.8 Å². The summed E-state index contributed by atoms with van der Waals surface area (Å²) in [6.45, 7) is 2.05. The first-order chi connectivity index (χ1) is 6.77. The van der Waals surface area contributed by atoms with Crippen molar-refractivity contribution in [2.24, 2.45) is 0 Å². The minimum absolute atomic E-state index is 0.318. The molecule has 0 amide bonds. The number of hydrogen-bond acceptors (Lipinski definition) is 2. The maximum Gasteiger partial charge on any atom is 0.0342 e. The number of aromatic nitrogens is 1. The fraction of sp³-hybridized carbons (Fsp3) is 0.417. The van der Waals surface area contributed by atoms with Crippen LogP contribution in [0.25, 0.3) is 0 Å². The van der Waals surface area contributed by atoms with E-state index in [0.717, 1.165) is 12.8 Å². The van der Waals surface area contributed by atoms with Gasteiger partial charge in [-0.1, -0.05) is 6.07 Å². The smallest absolute Gasteiger partial charge is 0.0342 e. The predicted molar refractivity (Wildman–Crippen MR) is 58.8 cm³/mol. The first-order valence-electron chi connectivity index (χ1n) is 4.80. The van der Waals surface area contributed by atoms with Gasteiger partial charge in [0.05, 0.1) is 0 Å². The first-order valence-corrected chi connectivity index (χ1v) is 4.80. The highest BCUT2D eigenvalue weighted by atomic mass is 14.9. The lowest BCUT2D eigenvalue weighted by atomic mass is 10.0. The normalized spacial score (nSPS) is 12.1. The predicted octanol–water partition coefficient (Wildman–Crippen LogP) is 2.06. The lowest BCUT2D eigenvalue weighted by Gasteiger charge is -2.15. The Kier molecular flexibility index (Phi) is 4.15. The van der Waals surface area contributed by atoms with Crippen LogP contribution in [0.15, 0.2) is 18.5 Å². The SMILES string of the molecule is C#CCCC(NC)c1cncc(C)c1. The summed E-state index contributed by atoms with van der Waals surface area (Å²) in [5.74, 6) is 2.66. The third-order valence-corrected chi connectivity index (χ3v) is 2.22. The Bertz CT molecular complexity index is 325. The zero-order chi connectivity index (χ0) is 10.4. The summed E-state index contributed by atoms with van der Waals surface area (Å²) < 4.78 is 0. The van der Waals surface area contributed by atoms with Gasteiger partial charge in [-0.15, -0.1) is 12.3 Å². The summed E-state index contributed by atoms with van der Waals surface area (Å²) in [7, 11) is 1.95. The summed E-state index contributed by atoms with van der Waals surface area (Å²) in [5, 5.41) is 3.24. The Morgan fingerprint density at radius 3 is 2.93 bits per heavy atom. The van der Waals surface area contributed by atoms with Gasteiger partial charge in [0.25, 0.3) is 0 Å². The van der Waals surface area contributed by atoms with E-state index in [1.54, 1.807) is 0 Å². The number of nitrogens with one attached hydrogen (secondary N) is 1. The van der Waals surface area contributed by atoms with Gasteiger partial charge in [-0.05, 0) is 31.5 Å². The molecule has 0 aliphatic rings. The van der Waals surface area contributed by atoms with E-state index in [-0.39, 0.29) is 0 Å². The molecule has 1 heterocycles. The van der Waals surface area contributed by atoms with Crippen molar-refractivity contribution in [2.45, 2.75) is 25.8 Å². The second-order valence-electron chi connectivity index (χ2n) is 3.38. The van der Waals surface area contributed by atoms with Crippen molar-refractivity contribution < 1.29 is 0 Å². The highest BCUT2D eigenvalue weighted by molar-refractivity contribution is 5.20. The Morgan fingerprint density at radius 2 is 2.36 bits per heavy atom. The van der Waals surface area contributed by atoms with Gasteiger partial charge >= 0.3 is 0 Å². The van der Waals surface area contributed by atoms with Gasteiger partial charge in [-0.3, -0.25) is 4.98 Å². The standard InChI is InChI=1S/C12H16N2/c1-4-5-6-12(13-3)11-7-10(2)8-14-9-11/h1,7-9,12-13H,5-6H2,2-3H3. The molecule has 1 atom stereocenters. The van der Waals surface area contributed by atoms with Crippen LogP contribution in [0.5, 0.6) is 0 Å². The highest BCUT2D eigenvalue weighted by Crippen LogP contribution is 2.17. The second kappa shape index (κ2) is 5.41. The monoisotopic (exact) mass is 188 g/mol. The summed E-state index contributed by atoms with van der Waals surface area (Å²) in [5.41, 5.74) is 2.39. The van der Waals surface area contributed by atoms with Gasteiger partial charge in [-0.2, -0.15) is 0 Å². The van der Waals surface area contributed by atoms with Crippen molar-refractivity contribution in [1.29, 1.82) is 0 Å². The molecule has 1 aromatic rings. The van der Waals surface area contributed by atoms with E-state index in [9.17, 15) is 0 Å². The van der Waals surface area contributed by atoms with Crippen LogP contribution in [-0.4, -0.2) is 12.0 Å². The molecule has 0 aromatic carbocycles. The molecule has 1 N–H and O–H groups in total. The van der Waals surface area contributed by atoms with E-state index in [1.807, 2.05) is 26.4 Å². The molecular weight excluding hydrogens is 172 g/mol. The Balaban J connectivity index is 2.74. The van der Waals surface area contributed by atoms with E-state index in [2.05, 4.69) is 22.3 Å². The highest BCUT2D eigenvalue weighted by Gasteiger charge is 2.08. The fourth-order valence-electron chi connectivity index (χ4n) is 1.47. The molecule has 74 valence electrons. The topological polar surface area (TPSA) is 24.9 Å². The van der Waals surface area contributed by atoms with Crippen LogP contribution in [0.1, 0.15) is 30.0 Å². The largest absolute Gasteiger partial charge is 0.313 e. The molecule has 0 bridgehead atoms. The third kappa shape index (κ3) is 2.86. The maximum absolute atomic E-state index is 5.25. The number of nitrogens with zero attached hydrogens (tertiary/aromatic N) is 1. The van der Waals surface area contributed by atoms with Gasteiger partial charge in [-0.25, -0.2) is 0 Å². The van der Waals surface area contributed by atoms with E-state index < -0.39 is 0 Å². The van der Waals surface area contributed by atoms with E-state index in [0.29, 0.717) is 6.04 Å². The zero-order valence-electron chi connectivity index (χ0n) is 8.75. The van der Waals surface area contributed by atoms with Crippen LogP contribution >= 0.6 is 0 Å². The molecule has 0 radical (unpaired) electrons. The third-order valence-electron chi connectivity index (χ3n) is 2.22. The quantitative estimate of drug-likeness (QED) is 0.732. The Morgan fingerprint density at radius 1 is 1.57 bits per heavy atom. The van der Waals surface area contributed by atoms with Crippen LogP contribution in [-0.2, 0) is 0 Å². The number of rotatable bonds is 4. The van der Waals surface area contributed by atoms with E-state index in [1.165, 1.54) is 11.1 Å². The number of hydrogen-bond donors (Lipinski definition) is 1. The minimum Gasteiger partial charge on any atom is -0.313 e. The first kappa shape index (κ1) is 10.7. The van der Waals surface area contributed by atoms with Crippen LogP contribution in [0.4, 0.5) is 0 Å². The van der Waals surface area contributed by atoms with Crippen molar-refractivity contribution in [1.82, 2.24) is 10.3 Å². The minimum atomic E-state index is 0.318. The Hall–Kier alpha value is -1.33. The van der Waals surface area contributed by atoms with Crippen molar-refractivity contribution in [2.75, 3.05) is 7.05 Å². The van der Waals surface area contributed by atoms with Gasteiger partial charge in [0.1, 0.15) is 0 Å². The van der Waals surface area contributed by atoms with E-state index >= 15 is 0 Å². The van der Waals surface area contributed by atoms with Crippen molar-refractivity contribution in [3.05, 3.63) is 29.6 Å². The summed E-state index contributed by atoms with van der Waals surface area (Å²) in [6, 6.07) is 2.46. The molecule has 0 fully saturated rings. The van der Waals surface area contributed by atoms with Gasteiger partial charge in [0.2, 0.25) is 0 Å². The van der Waals surface area contributed by atoms with Crippen molar-refractivity contribution in [3.63, 3.8) is 0 Å². The van der Waals surface area contributed by atoms with Crippen molar-refractivity contribution >= 4 is 0 Å². The molecule has 0 saturated heterocycles. The number of aryl methyl sites for hydroxylation is 1. The molecule has 0 saturated carbocycles. The second-order valence-corrected chi connectivity index (χ2v) is 3.38. The number of terminal acetylenes is 1. The molecule has 2 heteroatoms. The summed E-state index contributed by atoms with van der Waals surface area (Å²) in [4.78, 5) is 4.17. The molecule has 14 heavy (non-hydrogen) atoms. The molecule has 2 nitrogen and oxygen atoms in total. The molecule has 0 spiro atoms. The number of pyridine rings is 1. The lowest BCUT2D eigenvalue weighted by molar-refractivity contribution is 0.556. The lowest BCUT2D eigenvalue weighted by Crippen LogP contribution is -2.16. The molecule has 0 aliphatic carbocycles. The summed E-state index contributed by atoms with van der Waals surface area (Å²) >= 11 is 0. The molecular formula is C12H16N2. The average molecular weight is 188 g/mol. The molecule has 0 aliphatic heterocycles. The summed E-state index contributed by atoms with van der Waals surface area (Å²) in [6.07, 6.45) is 10.7. The van der Waals surface area contributed by atoms with Crippen molar-refractivity contribution in [3.8, 4) is 12.3 Å². The van der Waals surface area contributed by atoms with E-state index in [4.69, 9.17) is 6.42 Å². The van der Waals surface area contributed by atoms with Crippen LogP contribution in [0.3, 0.4) is 0 Å². The van der Waals surface area contributed by atoms with Gasteiger partial charge < -0.3 is 5.32 Å². The maximum atomic E-state index is 5.25. The van der Waals surface area contributed by atoms with Crippen LogP contribution in [0.2, 0.25) is 0 Å². The van der Waals surface area contributed by atoms with Gasteiger partial charge in [0, 0.05) is 24.9 Å². The zero-order valence-corrected chi connectivity index (χ0v) is 8.75. The van der Waals surface area contributed by atoms with Crippen LogP contribution in [0, 0.1) is 19.3 Å². The molecule has 1 aromatic heterocycles. The van der Waals surface area contributed by atoms with Crippen LogP contribution < -0.4 is 5.32 Å².